The van der Waals surface area contributed by atoms with E-state index < -0.39 is 0 Å². The minimum Gasteiger partial charge on any atom is -0.338 e. The first-order valence-corrected chi connectivity index (χ1v) is 9.15. The Hall–Kier alpha value is -1.79. The number of rotatable bonds is 5. The molecule has 1 heterocycles. The van der Waals surface area contributed by atoms with Gasteiger partial charge in [-0.1, -0.05) is 56.1 Å². The zero-order chi connectivity index (χ0) is 16.4. The molecular weight excluding hydrogens is 424 g/mol. The number of ketones is 2. The van der Waals surface area contributed by atoms with E-state index >= 15 is 0 Å². The van der Waals surface area contributed by atoms with Crippen LogP contribution in [0.4, 0.5) is 0 Å². The molecule has 3 aromatic rings. The molecular formula is C17H12Br2N2O2. The van der Waals surface area contributed by atoms with Crippen LogP contribution in [0.5, 0.6) is 0 Å². The fourth-order valence-corrected chi connectivity index (χ4v) is 2.94. The number of carbonyl (C=O) groups is 2. The van der Waals surface area contributed by atoms with Crippen molar-refractivity contribution >= 4 is 54.5 Å². The van der Waals surface area contributed by atoms with Crippen LogP contribution in [0.1, 0.15) is 20.7 Å². The molecule has 3 rings (SSSR count). The molecule has 0 atom stereocenters. The SMILES string of the molecule is O=C(CBr)c1ccc(-c2nc3ccc(C(=O)CBr)cc3[nH]2)cc1. The molecule has 0 amide bonds. The third-order valence-corrected chi connectivity index (χ3v) is 4.55. The minimum absolute atomic E-state index is 0.0284. The monoisotopic (exact) mass is 434 g/mol. The van der Waals surface area contributed by atoms with Gasteiger partial charge in [-0.25, -0.2) is 4.98 Å². The lowest BCUT2D eigenvalue weighted by Crippen LogP contribution is -1.99. The molecule has 0 radical (unpaired) electrons. The fourth-order valence-electron chi connectivity index (χ4n) is 2.29. The summed E-state index contributed by atoms with van der Waals surface area (Å²) in [4.78, 5) is 31.1. The van der Waals surface area contributed by atoms with Crippen molar-refractivity contribution < 1.29 is 9.59 Å². The summed E-state index contributed by atoms with van der Waals surface area (Å²) in [7, 11) is 0. The smallest absolute Gasteiger partial charge is 0.173 e. The van der Waals surface area contributed by atoms with Gasteiger partial charge in [0.25, 0.3) is 0 Å². The van der Waals surface area contributed by atoms with E-state index in [4.69, 9.17) is 0 Å². The Morgan fingerprint density at radius 2 is 1.52 bits per heavy atom. The number of aromatic nitrogens is 2. The number of nitrogens with one attached hydrogen (secondary N) is 1. The Morgan fingerprint density at radius 1 is 0.913 bits per heavy atom. The summed E-state index contributed by atoms with van der Waals surface area (Å²) in [5, 5.41) is 0.601. The van der Waals surface area contributed by atoms with E-state index in [0.29, 0.717) is 27.6 Å². The molecule has 0 aliphatic rings. The van der Waals surface area contributed by atoms with Gasteiger partial charge >= 0.3 is 0 Å². The highest BCUT2D eigenvalue weighted by molar-refractivity contribution is 9.09. The Bertz CT molecular complexity index is 885. The van der Waals surface area contributed by atoms with Gasteiger partial charge in [-0.05, 0) is 18.2 Å². The Morgan fingerprint density at radius 3 is 2.17 bits per heavy atom. The van der Waals surface area contributed by atoms with E-state index in [0.717, 1.165) is 16.6 Å². The van der Waals surface area contributed by atoms with Gasteiger partial charge in [-0.3, -0.25) is 9.59 Å². The lowest BCUT2D eigenvalue weighted by atomic mass is 10.1. The van der Waals surface area contributed by atoms with Crippen molar-refractivity contribution in [1.82, 2.24) is 9.97 Å². The quantitative estimate of drug-likeness (QED) is 0.477. The van der Waals surface area contributed by atoms with Crippen molar-refractivity contribution in [2.75, 3.05) is 10.7 Å². The van der Waals surface area contributed by atoms with Gasteiger partial charge < -0.3 is 4.98 Å². The first-order chi connectivity index (χ1) is 11.1. The molecule has 1 N–H and O–H groups in total. The third kappa shape index (κ3) is 3.28. The summed E-state index contributed by atoms with van der Waals surface area (Å²) < 4.78 is 0. The van der Waals surface area contributed by atoms with Gasteiger partial charge in [0.05, 0.1) is 21.7 Å². The van der Waals surface area contributed by atoms with Gasteiger partial charge in [0.2, 0.25) is 0 Å². The van der Waals surface area contributed by atoms with E-state index in [-0.39, 0.29) is 11.6 Å². The molecule has 6 heteroatoms. The van der Waals surface area contributed by atoms with Crippen molar-refractivity contribution in [2.24, 2.45) is 0 Å². The molecule has 2 aromatic carbocycles. The van der Waals surface area contributed by atoms with Gasteiger partial charge in [0, 0.05) is 16.7 Å². The number of benzene rings is 2. The second-order valence-corrected chi connectivity index (χ2v) is 6.13. The summed E-state index contributed by atoms with van der Waals surface area (Å²) >= 11 is 6.34. The highest BCUT2D eigenvalue weighted by atomic mass is 79.9. The van der Waals surface area contributed by atoms with Crippen LogP contribution in [0.2, 0.25) is 0 Å². The van der Waals surface area contributed by atoms with E-state index in [1.54, 1.807) is 24.3 Å². The number of hydrogen-bond acceptors (Lipinski definition) is 3. The van der Waals surface area contributed by atoms with E-state index in [2.05, 4.69) is 41.8 Å². The second kappa shape index (κ2) is 6.76. The van der Waals surface area contributed by atoms with Crippen LogP contribution < -0.4 is 0 Å². The average molecular weight is 436 g/mol. The average Bonchev–Trinajstić information content (AvgIpc) is 3.03. The summed E-state index contributed by atoms with van der Waals surface area (Å²) in [6.45, 7) is 0. The number of aromatic amines is 1. The number of Topliss-reactive ketones (excluding diaryl/α,β-unsaturated/α-hetero) is 2. The second-order valence-electron chi connectivity index (χ2n) is 5.01. The largest absolute Gasteiger partial charge is 0.338 e. The topological polar surface area (TPSA) is 62.8 Å². The van der Waals surface area contributed by atoms with Crippen LogP contribution in [-0.2, 0) is 0 Å². The Kier molecular flexibility index (Phi) is 4.73. The van der Waals surface area contributed by atoms with Crippen molar-refractivity contribution in [3.63, 3.8) is 0 Å². The maximum absolute atomic E-state index is 11.7. The molecule has 23 heavy (non-hydrogen) atoms. The van der Waals surface area contributed by atoms with Crippen LogP contribution in [-0.4, -0.2) is 32.2 Å². The molecule has 116 valence electrons. The van der Waals surface area contributed by atoms with Crippen LogP contribution in [0.25, 0.3) is 22.4 Å². The normalized spacial score (nSPS) is 10.9. The molecule has 0 aliphatic carbocycles. The zero-order valence-corrected chi connectivity index (χ0v) is 15.1. The van der Waals surface area contributed by atoms with Crippen molar-refractivity contribution in [2.45, 2.75) is 0 Å². The standard InChI is InChI=1S/C17H12Br2N2O2/c18-8-15(22)10-1-3-11(4-2-10)17-20-13-6-5-12(16(23)9-19)7-14(13)21-17/h1-7H,8-9H2,(H,20,21). The first-order valence-electron chi connectivity index (χ1n) is 6.91. The number of fused-ring (bicyclic) bond motifs is 1. The highest BCUT2D eigenvalue weighted by Crippen LogP contribution is 2.22. The third-order valence-electron chi connectivity index (χ3n) is 3.53. The first kappa shape index (κ1) is 16.1. The minimum atomic E-state index is 0.0284. The van der Waals surface area contributed by atoms with Crippen molar-refractivity contribution in [1.29, 1.82) is 0 Å². The summed E-state index contributed by atoms with van der Waals surface area (Å²) in [5.41, 5.74) is 3.80. The van der Waals surface area contributed by atoms with Crippen LogP contribution in [0.15, 0.2) is 42.5 Å². The molecule has 0 fully saturated rings. The molecule has 0 aliphatic heterocycles. The lowest BCUT2D eigenvalue weighted by Gasteiger charge is -1.99. The Labute approximate surface area is 149 Å². The van der Waals surface area contributed by atoms with Gasteiger partial charge in [0.15, 0.2) is 11.6 Å². The van der Waals surface area contributed by atoms with Gasteiger partial charge in [-0.15, -0.1) is 0 Å². The van der Waals surface area contributed by atoms with E-state index in [9.17, 15) is 9.59 Å². The molecule has 0 bridgehead atoms. The highest BCUT2D eigenvalue weighted by Gasteiger charge is 2.10. The maximum Gasteiger partial charge on any atom is 0.173 e. The number of imidazole rings is 1. The molecule has 0 unspecified atom stereocenters. The predicted molar refractivity (Wildman–Crippen MR) is 97.8 cm³/mol. The molecule has 0 spiro atoms. The molecule has 1 aromatic heterocycles. The van der Waals surface area contributed by atoms with Crippen molar-refractivity contribution in [3.8, 4) is 11.4 Å². The zero-order valence-electron chi connectivity index (χ0n) is 12.0. The lowest BCUT2D eigenvalue weighted by molar-refractivity contribution is 0.101. The van der Waals surface area contributed by atoms with Crippen LogP contribution in [0, 0.1) is 0 Å². The number of halogens is 2. The van der Waals surface area contributed by atoms with Crippen LogP contribution >= 0.6 is 31.9 Å². The molecule has 0 saturated heterocycles. The van der Waals surface area contributed by atoms with Crippen molar-refractivity contribution in [3.05, 3.63) is 53.6 Å². The van der Waals surface area contributed by atoms with E-state index in [1.165, 1.54) is 0 Å². The number of H-pyrrole nitrogens is 1. The van der Waals surface area contributed by atoms with Gasteiger partial charge in [-0.2, -0.15) is 0 Å². The number of alkyl halides is 2. The predicted octanol–water partition coefficient (Wildman–Crippen LogP) is 4.39. The summed E-state index contributed by atoms with van der Waals surface area (Å²) in [6, 6.07) is 12.7. The number of hydrogen-bond donors (Lipinski definition) is 1. The summed E-state index contributed by atoms with van der Waals surface area (Å²) in [5.74, 6) is 0.779. The van der Waals surface area contributed by atoms with E-state index in [1.807, 2.05) is 18.2 Å². The molecule has 0 saturated carbocycles. The van der Waals surface area contributed by atoms with Crippen LogP contribution in [0.3, 0.4) is 0 Å². The number of nitrogens with zero attached hydrogens (tertiary/aromatic N) is 1. The summed E-state index contributed by atoms with van der Waals surface area (Å²) in [6.07, 6.45) is 0. The number of carbonyl (C=O) groups excluding carboxylic acids is 2. The Balaban J connectivity index is 1.97. The molecule has 4 nitrogen and oxygen atoms in total. The van der Waals surface area contributed by atoms with Gasteiger partial charge in [0.1, 0.15) is 5.82 Å². The maximum atomic E-state index is 11.7. The fraction of sp³-hybridized carbons (Fsp3) is 0.118.